The molecule has 3 nitrogen and oxygen atoms in total. The van der Waals surface area contributed by atoms with E-state index >= 15 is 0 Å². The second-order valence-corrected chi connectivity index (χ2v) is 5.74. The molecule has 0 amide bonds. The van der Waals surface area contributed by atoms with Crippen molar-refractivity contribution >= 4 is 11.6 Å². The van der Waals surface area contributed by atoms with Crippen molar-refractivity contribution in [2.75, 3.05) is 0 Å². The van der Waals surface area contributed by atoms with Gasteiger partial charge in [-0.2, -0.15) is 0 Å². The van der Waals surface area contributed by atoms with Crippen LogP contribution in [0.1, 0.15) is 52.0 Å². The third-order valence-corrected chi connectivity index (χ3v) is 4.21. The predicted octanol–water partition coefficient (Wildman–Crippen LogP) is 4.02. The number of rotatable bonds is 5. The first-order chi connectivity index (χ1) is 10.9. The van der Waals surface area contributed by atoms with Crippen molar-refractivity contribution in [2.45, 2.75) is 46.5 Å². The Bertz CT molecular complexity index is 661. The lowest BCUT2D eigenvalue weighted by Crippen LogP contribution is -2.30. The summed E-state index contributed by atoms with van der Waals surface area (Å²) in [7, 11) is 0. The highest BCUT2D eigenvalue weighted by Crippen LogP contribution is 2.39. The fraction of sp³-hybridized carbons (Fsp3) is 0.368. The third-order valence-electron chi connectivity index (χ3n) is 4.21. The molecule has 0 aromatic heterocycles. The highest BCUT2D eigenvalue weighted by Gasteiger charge is 2.34. The molecule has 2 rings (SSSR count). The van der Waals surface area contributed by atoms with Crippen LogP contribution in [0.3, 0.4) is 0 Å². The summed E-state index contributed by atoms with van der Waals surface area (Å²) in [5.41, 5.74) is 3.48. The van der Waals surface area contributed by atoms with Gasteiger partial charge in [0.1, 0.15) is 5.82 Å². The van der Waals surface area contributed by atoms with E-state index in [4.69, 9.17) is 0 Å². The van der Waals surface area contributed by atoms with Gasteiger partial charge in [-0.25, -0.2) is 4.39 Å². The molecule has 1 aromatic carbocycles. The molecule has 0 radical (unpaired) electrons. The van der Waals surface area contributed by atoms with Gasteiger partial charge >= 0.3 is 0 Å². The van der Waals surface area contributed by atoms with Crippen LogP contribution < -0.4 is 5.32 Å². The van der Waals surface area contributed by atoms with E-state index < -0.39 is 5.92 Å². The number of Topliss-reactive ketones (excluding diaryl/α,β-unsaturated/α-hetero) is 2. The molecular weight excluding hydrogens is 293 g/mol. The maximum Gasteiger partial charge on any atom is 0.161 e. The molecule has 122 valence electrons. The number of ketones is 2. The second-order valence-electron chi connectivity index (χ2n) is 5.74. The van der Waals surface area contributed by atoms with E-state index in [-0.39, 0.29) is 17.4 Å². The fourth-order valence-corrected chi connectivity index (χ4v) is 3.10. The summed E-state index contributed by atoms with van der Waals surface area (Å²) in [6.07, 6.45) is 0.720. The molecule has 1 N–H and O–H groups in total. The number of dihydropyridines is 1. The average Bonchev–Trinajstić information content (AvgIpc) is 2.53. The molecule has 0 aliphatic carbocycles. The topological polar surface area (TPSA) is 46.2 Å². The predicted molar refractivity (Wildman–Crippen MR) is 88.3 cm³/mol. The molecule has 0 saturated heterocycles. The summed E-state index contributed by atoms with van der Waals surface area (Å²) in [6.45, 7) is 7.29. The van der Waals surface area contributed by atoms with Crippen LogP contribution in [0.5, 0.6) is 0 Å². The minimum Gasteiger partial charge on any atom is -0.362 e. The van der Waals surface area contributed by atoms with Crippen molar-refractivity contribution in [3.63, 3.8) is 0 Å². The average molecular weight is 315 g/mol. The van der Waals surface area contributed by atoms with Gasteiger partial charge in [0.25, 0.3) is 0 Å². The second kappa shape index (κ2) is 6.90. The molecule has 4 heteroatoms. The Morgan fingerprint density at radius 3 is 1.78 bits per heavy atom. The Morgan fingerprint density at radius 1 is 0.957 bits per heavy atom. The van der Waals surface area contributed by atoms with Crippen LogP contribution in [0.2, 0.25) is 0 Å². The maximum atomic E-state index is 13.3. The molecule has 0 bridgehead atoms. The minimum absolute atomic E-state index is 0.00164. The van der Waals surface area contributed by atoms with Gasteiger partial charge in [0, 0.05) is 41.3 Å². The molecule has 1 aliphatic heterocycles. The van der Waals surface area contributed by atoms with Crippen LogP contribution in [0.25, 0.3) is 0 Å². The monoisotopic (exact) mass is 315 g/mol. The zero-order valence-corrected chi connectivity index (χ0v) is 14.0. The van der Waals surface area contributed by atoms with Crippen molar-refractivity contribution in [1.82, 2.24) is 5.32 Å². The van der Waals surface area contributed by atoms with Gasteiger partial charge in [-0.05, 0) is 31.5 Å². The Labute approximate surface area is 136 Å². The van der Waals surface area contributed by atoms with Crippen molar-refractivity contribution in [3.8, 4) is 0 Å². The lowest BCUT2D eigenvalue weighted by Gasteiger charge is -2.31. The molecule has 1 aromatic rings. The Hall–Kier alpha value is -2.23. The summed E-state index contributed by atoms with van der Waals surface area (Å²) in [5, 5.41) is 3.16. The summed E-state index contributed by atoms with van der Waals surface area (Å²) >= 11 is 0. The van der Waals surface area contributed by atoms with E-state index in [0.717, 1.165) is 17.0 Å². The number of hydrogen-bond acceptors (Lipinski definition) is 3. The van der Waals surface area contributed by atoms with Gasteiger partial charge < -0.3 is 5.32 Å². The summed E-state index contributed by atoms with van der Waals surface area (Å²) in [5.74, 6) is -0.774. The number of nitrogens with one attached hydrogen (secondary N) is 1. The van der Waals surface area contributed by atoms with Crippen molar-refractivity contribution in [2.24, 2.45) is 0 Å². The number of allylic oxidation sites excluding steroid dienone is 4. The Morgan fingerprint density at radius 2 is 1.39 bits per heavy atom. The minimum atomic E-state index is -0.434. The van der Waals surface area contributed by atoms with Crippen molar-refractivity contribution in [1.29, 1.82) is 0 Å². The zero-order valence-electron chi connectivity index (χ0n) is 14.0. The van der Waals surface area contributed by atoms with E-state index in [1.54, 1.807) is 26.0 Å². The number of benzene rings is 1. The molecule has 0 fully saturated rings. The SMILES string of the molecule is CCC(=O)C1=C(C)NC(C)=C(C(=O)CC)C1c1ccc(F)cc1. The molecule has 23 heavy (non-hydrogen) atoms. The normalized spacial score (nSPS) is 15.7. The first-order valence-electron chi connectivity index (χ1n) is 7.91. The third kappa shape index (κ3) is 3.26. The standard InChI is InChI=1S/C19H22FNO2/c1-5-15(22)17-11(3)21-12(4)18(16(23)6-2)19(17)13-7-9-14(20)10-8-13/h7-10,19,21H,5-6H2,1-4H3. The molecular formula is C19H22FNO2. The van der Waals surface area contributed by atoms with Crippen LogP contribution >= 0.6 is 0 Å². The van der Waals surface area contributed by atoms with E-state index in [9.17, 15) is 14.0 Å². The molecule has 1 heterocycles. The lowest BCUT2D eigenvalue weighted by atomic mass is 9.76. The van der Waals surface area contributed by atoms with Crippen molar-refractivity contribution < 1.29 is 14.0 Å². The molecule has 1 aliphatic rings. The highest BCUT2D eigenvalue weighted by molar-refractivity contribution is 6.05. The van der Waals surface area contributed by atoms with E-state index in [2.05, 4.69) is 5.32 Å². The van der Waals surface area contributed by atoms with E-state index in [1.165, 1.54) is 12.1 Å². The number of hydrogen-bond donors (Lipinski definition) is 1. The highest BCUT2D eigenvalue weighted by atomic mass is 19.1. The first-order valence-corrected chi connectivity index (χ1v) is 7.91. The Kier molecular flexibility index (Phi) is 5.14. The maximum absolute atomic E-state index is 13.3. The summed E-state index contributed by atoms with van der Waals surface area (Å²) in [4.78, 5) is 25.0. The van der Waals surface area contributed by atoms with Crippen LogP contribution in [-0.4, -0.2) is 11.6 Å². The summed E-state index contributed by atoms with van der Waals surface area (Å²) < 4.78 is 13.3. The smallest absolute Gasteiger partial charge is 0.161 e. The molecule has 0 unspecified atom stereocenters. The van der Waals surface area contributed by atoms with Crippen LogP contribution in [0.15, 0.2) is 46.8 Å². The number of halogens is 1. The Balaban J connectivity index is 2.66. The summed E-state index contributed by atoms with van der Waals surface area (Å²) in [6, 6.07) is 6.03. The van der Waals surface area contributed by atoms with Crippen LogP contribution in [0, 0.1) is 5.82 Å². The van der Waals surface area contributed by atoms with E-state index in [0.29, 0.717) is 24.0 Å². The van der Waals surface area contributed by atoms with Gasteiger partial charge in [-0.3, -0.25) is 9.59 Å². The van der Waals surface area contributed by atoms with E-state index in [1.807, 2.05) is 13.8 Å². The zero-order chi connectivity index (χ0) is 17.1. The van der Waals surface area contributed by atoms with Crippen LogP contribution in [0.4, 0.5) is 4.39 Å². The molecule has 0 spiro atoms. The fourth-order valence-electron chi connectivity index (χ4n) is 3.10. The quantitative estimate of drug-likeness (QED) is 0.892. The van der Waals surface area contributed by atoms with Crippen molar-refractivity contribution in [3.05, 3.63) is 58.2 Å². The van der Waals surface area contributed by atoms with Gasteiger partial charge in [-0.1, -0.05) is 26.0 Å². The molecule has 0 saturated carbocycles. The van der Waals surface area contributed by atoms with Gasteiger partial charge in [0.2, 0.25) is 0 Å². The van der Waals surface area contributed by atoms with Gasteiger partial charge in [-0.15, -0.1) is 0 Å². The number of carbonyl (C=O) groups excluding carboxylic acids is 2. The van der Waals surface area contributed by atoms with Gasteiger partial charge in [0.05, 0.1) is 0 Å². The first kappa shape index (κ1) is 17.1. The largest absolute Gasteiger partial charge is 0.362 e. The number of carbonyl (C=O) groups is 2. The molecule has 0 atom stereocenters. The van der Waals surface area contributed by atoms with Crippen LogP contribution in [-0.2, 0) is 9.59 Å². The lowest BCUT2D eigenvalue weighted by molar-refractivity contribution is -0.116. The van der Waals surface area contributed by atoms with Gasteiger partial charge in [0.15, 0.2) is 11.6 Å².